The van der Waals surface area contributed by atoms with Gasteiger partial charge in [-0.15, -0.1) is 11.8 Å². The van der Waals surface area contributed by atoms with Crippen LogP contribution in [0.25, 0.3) is 0 Å². The Balaban J connectivity index is 1.31. The average molecular weight is 555 g/mol. The van der Waals surface area contributed by atoms with Gasteiger partial charge in [-0.05, 0) is 47.6 Å². The second-order valence-electron chi connectivity index (χ2n) is 10.6. The molecule has 4 nitrogen and oxygen atoms in total. The molecular formula is C33H47FN2O2S. The number of thioether (sulfide) groups is 1. The second-order valence-corrected chi connectivity index (χ2v) is 11.8. The molecule has 0 saturated heterocycles. The number of hydrogen-bond acceptors (Lipinski definition) is 4. The number of hydrogen-bond donors (Lipinski definition) is 1. The van der Waals surface area contributed by atoms with Crippen molar-refractivity contribution < 1.29 is 13.9 Å². The van der Waals surface area contributed by atoms with Crippen LogP contribution < -0.4 is 10.1 Å². The third kappa shape index (κ3) is 12.1. The largest absolute Gasteiger partial charge is 0.491 e. The molecule has 39 heavy (non-hydrogen) atoms. The molecule has 2 aromatic rings. The molecular weight excluding hydrogens is 507 g/mol. The molecule has 0 atom stereocenters. The molecule has 0 aromatic heterocycles. The van der Waals surface area contributed by atoms with Gasteiger partial charge in [0.25, 0.3) is 0 Å². The highest BCUT2D eigenvalue weighted by Gasteiger charge is 2.14. The average Bonchev–Trinajstić information content (AvgIpc) is 3.33. The number of nitrogens with one attached hydrogen (secondary N) is 1. The maximum Gasteiger partial charge on any atom is 0.228 e. The minimum Gasteiger partial charge on any atom is -0.491 e. The number of benzene rings is 2. The molecule has 0 fully saturated rings. The molecule has 0 radical (unpaired) electrons. The van der Waals surface area contributed by atoms with Crippen LogP contribution in [0.3, 0.4) is 0 Å². The van der Waals surface area contributed by atoms with Gasteiger partial charge in [0, 0.05) is 18.4 Å². The summed E-state index contributed by atoms with van der Waals surface area (Å²) in [4.78, 5) is 16.3. The summed E-state index contributed by atoms with van der Waals surface area (Å²) in [6, 6.07) is 12.7. The zero-order valence-electron chi connectivity index (χ0n) is 24.0. The standard InChI is InChI=1S/C33H47FN2O2S/c1-3-4-5-6-7-8-9-10-11-12-13-16-21-38-32-20-19-28(22-30(32)34)23-33(37)35-31-18-15-14-17-29(31)25-36-24-27(2)39-26-36/h14-15,17-20,22,24H,3-13,16,21,23,25-26H2,1-2H3,(H,35,37). The van der Waals surface area contributed by atoms with E-state index in [-0.39, 0.29) is 18.1 Å². The third-order valence-corrected chi connectivity index (χ3v) is 8.13. The molecule has 1 N–H and O–H groups in total. The van der Waals surface area contributed by atoms with Gasteiger partial charge in [0.05, 0.1) is 18.9 Å². The maximum absolute atomic E-state index is 14.6. The number of halogens is 1. The Morgan fingerprint density at radius 3 is 2.26 bits per heavy atom. The van der Waals surface area contributed by atoms with Crippen LogP contribution in [-0.2, 0) is 17.8 Å². The summed E-state index contributed by atoms with van der Waals surface area (Å²) >= 11 is 1.82. The van der Waals surface area contributed by atoms with Crippen molar-refractivity contribution in [3.8, 4) is 5.75 Å². The van der Waals surface area contributed by atoms with Gasteiger partial charge >= 0.3 is 0 Å². The van der Waals surface area contributed by atoms with Gasteiger partial charge in [-0.2, -0.15) is 0 Å². The van der Waals surface area contributed by atoms with Crippen molar-refractivity contribution in [3.05, 3.63) is 70.5 Å². The summed E-state index contributed by atoms with van der Waals surface area (Å²) < 4.78 is 20.3. The van der Waals surface area contributed by atoms with Gasteiger partial charge in [0.15, 0.2) is 11.6 Å². The highest BCUT2D eigenvalue weighted by molar-refractivity contribution is 8.03. The molecule has 1 aliphatic heterocycles. The lowest BCUT2D eigenvalue weighted by Gasteiger charge is -2.18. The molecule has 1 heterocycles. The van der Waals surface area contributed by atoms with Gasteiger partial charge in [-0.1, -0.05) is 102 Å². The van der Waals surface area contributed by atoms with Crippen molar-refractivity contribution in [1.29, 1.82) is 0 Å². The van der Waals surface area contributed by atoms with Crippen LogP contribution in [0.4, 0.5) is 10.1 Å². The predicted octanol–water partition coefficient (Wildman–Crippen LogP) is 9.45. The van der Waals surface area contributed by atoms with E-state index < -0.39 is 5.82 Å². The summed E-state index contributed by atoms with van der Waals surface area (Å²) in [5.74, 6) is 0.614. The Hall–Kier alpha value is -2.47. The molecule has 0 bridgehead atoms. The smallest absolute Gasteiger partial charge is 0.228 e. The van der Waals surface area contributed by atoms with E-state index in [1.54, 1.807) is 12.1 Å². The van der Waals surface area contributed by atoms with E-state index in [9.17, 15) is 9.18 Å². The molecule has 0 spiro atoms. The second kappa shape index (κ2) is 18.0. The number of ether oxygens (including phenoxy) is 1. The van der Waals surface area contributed by atoms with E-state index in [4.69, 9.17) is 4.74 Å². The molecule has 1 aliphatic rings. The van der Waals surface area contributed by atoms with Gasteiger partial charge in [-0.25, -0.2) is 4.39 Å². The normalized spacial score (nSPS) is 13.0. The molecule has 2 aromatic carbocycles. The molecule has 1 amide bonds. The monoisotopic (exact) mass is 554 g/mol. The highest BCUT2D eigenvalue weighted by atomic mass is 32.2. The van der Waals surface area contributed by atoms with E-state index in [1.165, 1.54) is 75.2 Å². The molecule has 0 aliphatic carbocycles. The topological polar surface area (TPSA) is 41.6 Å². The van der Waals surface area contributed by atoms with Crippen LogP contribution in [0, 0.1) is 5.82 Å². The van der Waals surface area contributed by atoms with E-state index in [0.717, 1.165) is 36.5 Å². The number of carbonyl (C=O) groups excluding carboxylic acids is 1. The van der Waals surface area contributed by atoms with Gasteiger partial charge < -0.3 is 15.0 Å². The third-order valence-electron chi connectivity index (χ3n) is 7.10. The zero-order chi connectivity index (χ0) is 27.7. The number of carbonyl (C=O) groups is 1. The lowest BCUT2D eigenvalue weighted by Crippen LogP contribution is -2.18. The summed E-state index contributed by atoms with van der Waals surface area (Å²) in [7, 11) is 0. The van der Waals surface area contributed by atoms with Crippen LogP contribution in [0.2, 0.25) is 0 Å². The number of anilines is 1. The number of allylic oxidation sites excluding steroid dienone is 1. The summed E-state index contributed by atoms with van der Waals surface area (Å²) in [6.45, 7) is 5.62. The Morgan fingerprint density at radius 1 is 0.949 bits per heavy atom. The van der Waals surface area contributed by atoms with Gasteiger partial charge in [-0.3, -0.25) is 4.79 Å². The van der Waals surface area contributed by atoms with E-state index >= 15 is 0 Å². The number of rotatable bonds is 19. The zero-order valence-corrected chi connectivity index (χ0v) is 24.8. The first-order valence-electron chi connectivity index (χ1n) is 14.9. The van der Waals surface area contributed by atoms with Crippen molar-refractivity contribution in [2.45, 2.75) is 104 Å². The Kier molecular flexibility index (Phi) is 14.3. The van der Waals surface area contributed by atoms with Gasteiger partial charge in [0.2, 0.25) is 5.91 Å². The fraction of sp³-hybridized carbons (Fsp3) is 0.545. The summed E-state index contributed by atoms with van der Waals surface area (Å²) in [5, 5.41) is 3.01. The van der Waals surface area contributed by atoms with Crippen molar-refractivity contribution in [2.24, 2.45) is 0 Å². The SMILES string of the molecule is CCCCCCCCCCCCCCOc1ccc(CC(=O)Nc2ccccc2CN2C=C(C)SC2)cc1F. The molecule has 0 saturated carbocycles. The quantitative estimate of drug-likeness (QED) is 0.176. The van der Waals surface area contributed by atoms with E-state index in [1.807, 2.05) is 36.0 Å². The van der Waals surface area contributed by atoms with Crippen LogP contribution in [-0.4, -0.2) is 23.3 Å². The van der Waals surface area contributed by atoms with Crippen LogP contribution >= 0.6 is 11.8 Å². The first kappa shape index (κ1) is 31.1. The minimum absolute atomic E-state index is 0.114. The number of nitrogens with zero attached hydrogens (tertiary/aromatic N) is 1. The Labute approximate surface area is 239 Å². The van der Waals surface area contributed by atoms with Crippen LogP contribution in [0.5, 0.6) is 5.75 Å². The van der Waals surface area contributed by atoms with Crippen molar-refractivity contribution in [2.75, 3.05) is 17.8 Å². The lowest BCUT2D eigenvalue weighted by atomic mass is 10.1. The fourth-order valence-corrected chi connectivity index (χ4v) is 5.64. The minimum atomic E-state index is -0.409. The van der Waals surface area contributed by atoms with Crippen molar-refractivity contribution in [3.63, 3.8) is 0 Å². The summed E-state index contributed by atoms with van der Waals surface area (Å²) in [5.41, 5.74) is 2.49. The Bertz CT molecular complexity index is 1040. The van der Waals surface area contributed by atoms with Crippen molar-refractivity contribution >= 4 is 23.4 Å². The number of para-hydroxylation sites is 1. The van der Waals surface area contributed by atoms with E-state index in [0.29, 0.717) is 12.2 Å². The first-order chi connectivity index (χ1) is 19.0. The molecule has 214 valence electrons. The molecule has 0 unspecified atom stereocenters. The van der Waals surface area contributed by atoms with E-state index in [2.05, 4.69) is 30.3 Å². The maximum atomic E-state index is 14.6. The van der Waals surface area contributed by atoms with Gasteiger partial charge in [0.1, 0.15) is 0 Å². The lowest BCUT2D eigenvalue weighted by molar-refractivity contribution is -0.115. The van der Waals surface area contributed by atoms with Crippen LogP contribution in [0.15, 0.2) is 53.6 Å². The Morgan fingerprint density at radius 2 is 1.62 bits per heavy atom. The fourth-order valence-electron chi connectivity index (χ4n) is 4.88. The number of amides is 1. The molecule has 6 heteroatoms. The first-order valence-corrected chi connectivity index (χ1v) is 15.9. The molecule has 3 rings (SSSR count). The summed E-state index contributed by atoms with van der Waals surface area (Å²) in [6.07, 6.45) is 17.7. The number of unbranched alkanes of at least 4 members (excludes halogenated alkanes) is 11. The van der Waals surface area contributed by atoms with Crippen LogP contribution in [0.1, 0.15) is 102 Å². The highest BCUT2D eigenvalue weighted by Crippen LogP contribution is 2.28. The van der Waals surface area contributed by atoms with Crippen molar-refractivity contribution in [1.82, 2.24) is 4.90 Å². The predicted molar refractivity (Wildman–Crippen MR) is 164 cm³/mol.